The topological polar surface area (TPSA) is 162 Å². The predicted octanol–water partition coefficient (Wildman–Crippen LogP) is 2.20. The maximum Gasteiger partial charge on any atom is 0.253 e. The van der Waals surface area contributed by atoms with Crippen molar-refractivity contribution in [1.29, 1.82) is 0 Å². The summed E-state index contributed by atoms with van der Waals surface area (Å²) in [5.74, 6) is -3.80. The molecule has 0 spiro atoms. The average Bonchev–Trinajstić information content (AvgIpc) is 2.90. The minimum absolute atomic E-state index is 0.0653. The van der Waals surface area contributed by atoms with Gasteiger partial charge < -0.3 is 21.1 Å². The molecule has 0 aromatic heterocycles. The van der Waals surface area contributed by atoms with E-state index in [1.807, 2.05) is 13.8 Å². The summed E-state index contributed by atoms with van der Waals surface area (Å²) in [5.41, 5.74) is 5.47. The molecule has 0 saturated carbocycles. The Labute approximate surface area is 251 Å². The number of hydrogen-bond acceptors (Lipinski definition) is 7. The van der Waals surface area contributed by atoms with Gasteiger partial charge >= 0.3 is 0 Å². The number of rotatable bonds is 16. The molecule has 0 aliphatic heterocycles. The molecule has 0 bridgehead atoms. The molecule has 2 aromatic rings. The van der Waals surface area contributed by atoms with Crippen molar-refractivity contribution in [3.63, 3.8) is 0 Å². The minimum atomic E-state index is -3.75. The normalized spacial score (nSPS) is 13.2. The highest BCUT2D eigenvalue weighted by molar-refractivity contribution is 7.90. The van der Waals surface area contributed by atoms with Crippen molar-refractivity contribution in [3.05, 3.63) is 70.3 Å². The molecule has 0 heterocycles. The Bertz CT molecular complexity index is 1380. The molecule has 0 aliphatic rings. The number of hydrogen-bond donors (Lipinski definition) is 4. The van der Waals surface area contributed by atoms with Crippen LogP contribution in [-0.4, -0.2) is 85.2 Å². The predicted molar refractivity (Wildman–Crippen MR) is 159 cm³/mol. The fraction of sp³-hybridized carbons (Fsp3) is 0.483. The highest BCUT2D eigenvalue weighted by atomic mass is 32.2. The molecule has 0 fully saturated rings. The molecule has 2 rings (SSSR count). The monoisotopic (exact) mass is 625 g/mol. The molecule has 238 valence electrons. The summed E-state index contributed by atoms with van der Waals surface area (Å²) in [6.45, 7) is 7.37. The minimum Gasteiger partial charge on any atom is -0.390 e. The maximum absolute atomic E-state index is 13.9. The van der Waals surface area contributed by atoms with Crippen LogP contribution in [0.25, 0.3) is 0 Å². The first-order chi connectivity index (χ1) is 20.1. The molecule has 14 heteroatoms. The summed E-state index contributed by atoms with van der Waals surface area (Å²) in [5, 5.41) is 14.0. The van der Waals surface area contributed by atoms with Gasteiger partial charge in [0.05, 0.1) is 17.4 Å². The number of benzene rings is 2. The van der Waals surface area contributed by atoms with Crippen LogP contribution in [-0.2, 0) is 16.4 Å². The van der Waals surface area contributed by atoms with Gasteiger partial charge in [-0.25, -0.2) is 22.2 Å². The summed E-state index contributed by atoms with van der Waals surface area (Å²) in [6.07, 6.45) is -0.304. The number of hydrazine groups is 1. The third-order valence-electron chi connectivity index (χ3n) is 6.52. The van der Waals surface area contributed by atoms with Crippen LogP contribution in [0, 0.1) is 11.6 Å². The van der Waals surface area contributed by atoms with E-state index < -0.39 is 56.8 Å². The summed E-state index contributed by atoms with van der Waals surface area (Å²) >= 11 is 0. The Morgan fingerprint density at radius 2 is 1.47 bits per heavy atom. The van der Waals surface area contributed by atoms with E-state index in [0.717, 1.165) is 17.1 Å². The lowest BCUT2D eigenvalue weighted by molar-refractivity contribution is 0.0687. The van der Waals surface area contributed by atoms with Gasteiger partial charge in [-0.15, -0.1) is 4.83 Å². The van der Waals surface area contributed by atoms with Gasteiger partial charge in [0.15, 0.2) is 0 Å². The molecule has 43 heavy (non-hydrogen) atoms. The molecule has 2 aromatic carbocycles. The van der Waals surface area contributed by atoms with Crippen molar-refractivity contribution >= 4 is 27.7 Å². The number of aliphatic hydroxyl groups is 1. The summed E-state index contributed by atoms with van der Waals surface area (Å²) in [4.78, 5) is 42.7. The van der Waals surface area contributed by atoms with Gasteiger partial charge in [-0.2, -0.15) is 0 Å². The van der Waals surface area contributed by atoms with E-state index in [9.17, 15) is 36.7 Å². The second-order valence-corrected chi connectivity index (χ2v) is 12.9. The number of carbonyl (C=O) groups is 3. The van der Waals surface area contributed by atoms with E-state index >= 15 is 0 Å². The average molecular weight is 626 g/mol. The first-order valence-electron chi connectivity index (χ1n) is 14.0. The third-order valence-corrected chi connectivity index (χ3v) is 8.33. The molecule has 2 unspecified atom stereocenters. The van der Waals surface area contributed by atoms with Crippen molar-refractivity contribution in [2.75, 3.05) is 26.7 Å². The molecular formula is C29H41F2N5O6S. The zero-order valence-corrected chi connectivity index (χ0v) is 25.9. The largest absolute Gasteiger partial charge is 0.390 e. The van der Waals surface area contributed by atoms with E-state index in [-0.39, 0.29) is 35.2 Å². The fourth-order valence-corrected chi connectivity index (χ4v) is 5.07. The number of amides is 3. The lowest BCUT2D eigenvalue weighted by atomic mass is 9.99. The summed E-state index contributed by atoms with van der Waals surface area (Å²) in [7, 11) is -2.38. The van der Waals surface area contributed by atoms with Crippen molar-refractivity contribution in [3.8, 4) is 0 Å². The van der Waals surface area contributed by atoms with Crippen molar-refractivity contribution in [2.45, 2.75) is 64.4 Å². The molecule has 0 radical (unpaired) electrons. The highest BCUT2D eigenvalue weighted by Gasteiger charge is 2.27. The maximum atomic E-state index is 13.9. The molecule has 5 N–H and O–H groups in total. The number of carbonyl (C=O) groups excluding carboxylic acids is 3. The Morgan fingerprint density at radius 1 is 0.930 bits per heavy atom. The number of nitrogens with one attached hydrogen (secondary N) is 2. The van der Waals surface area contributed by atoms with Gasteiger partial charge in [0.25, 0.3) is 11.8 Å². The van der Waals surface area contributed by atoms with Crippen LogP contribution in [0.2, 0.25) is 0 Å². The molecule has 3 amide bonds. The van der Waals surface area contributed by atoms with Crippen LogP contribution in [0.1, 0.15) is 77.2 Å². The van der Waals surface area contributed by atoms with Crippen LogP contribution in [0.4, 0.5) is 8.78 Å². The van der Waals surface area contributed by atoms with E-state index in [1.54, 1.807) is 4.90 Å². The smallest absolute Gasteiger partial charge is 0.253 e. The molecule has 0 saturated heterocycles. The van der Waals surface area contributed by atoms with E-state index in [4.69, 9.17) is 5.73 Å². The Hall–Kier alpha value is -3.46. The third kappa shape index (κ3) is 10.6. The lowest BCUT2D eigenvalue weighted by Gasteiger charge is -2.29. The van der Waals surface area contributed by atoms with Gasteiger partial charge in [-0.05, 0) is 69.0 Å². The van der Waals surface area contributed by atoms with Crippen LogP contribution in [0.15, 0.2) is 36.4 Å². The molecular weight excluding hydrogens is 584 g/mol. The standard InChI is InChI=1S/C29H41F2N5O6S/c1-6-8-36(9-7-2)29(40)22-14-20(27(32)38)13-21(15-22)28(39)33-25(12-19-10-23(30)16-24(31)11-19)26(37)17-35(5)34-43(41,42)18(3)4/h10-11,13-16,18,25-26,34,37H,6-9,12,17H2,1-5H3,(H2,32,38)(H,33,39). The van der Waals surface area contributed by atoms with Crippen LogP contribution in [0.3, 0.4) is 0 Å². The van der Waals surface area contributed by atoms with Crippen molar-refractivity contribution < 1.29 is 36.7 Å². The SMILES string of the molecule is CCCN(CCC)C(=O)c1cc(C(N)=O)cc(C(=O)NC(Cc2cc(F)cc(F)c2)C(O)CN(C)NS(=O)(=O)C(C)C)c1. The number of primary amides is 1. The second kappa shape index (κ2) is 15.8. The quantitative estimate of drug-likeness (QED) is 0.208. The summed E-state index contributed by atoms with van der Waals surface area (Å²) in [6, 6.07) is 5.38. The highest BCUT2D eigenvalue weighted by Crippen LogP contribution is 2.17. The van der Waals surface area contributed by atoms with Crippen LogP contribution in [0.5, 0.6) is 0 Å². The number of halogens is 2. The van der Waals surface area contributed by atoms with Crippen LogP contribution >= 0.6 is 0 Å². The Kier molecular flexibility index (Phi) is 13.2. The number of aliphatic hydroxyl groups excluding tert-OH is 1. The lowest BCUT2D eigenvalue weighted by Crippen LogP contribution is -2.52. The van der Waals surface area contributed by atoms with Crippen molar-refractivity contribution in [2.24, 2.45) is 5.73 Å². The fourth-order valence-electron chi connectivity index (χ4n) is 4.35. The first kappa shape index (κ1) is 35.7. The Balaban J connectivity index is 2.45. The van der Waals surface area contributed by atoms with Gasteiger partial charge in [-0.1, -0.05) is 13.8 Å². The molecule has 2 atom stereocenters. The number of nitrogens with two attached hydrogens (primary N) is 1. The van der Waals surface area contributed by atoms with Gasteiger partial charge in [0.2, 0.25) is 15.9 Å². The molecule has 0 aliphatic carbocycles. The van der Waals surface area contributed by atoms with Gasteiger partial charge in [0.1, 0.15) is 11.6 Å². The van der Waals surface area contributed by atoms with E-state index in [0.29, 0.717) is 32.0 Å². The number of sulfonamides is 1. The summed E-state index contributed by atoms with van der Waals surface area (Å²) < 4.78 is 52.4. The van der Waals surface area contributed by atoms with E-state index in [2.05, 4.69) is 10.1 Å². The van der Waals surface area contributed by atoms with Crippen molar-refractivity contribution in [1.82, 2.24) is 20.1 Å². The van der Waals surface area contributed by atoms with Crippen LogP contribution < -0.4 is 15.9 Å². The molecule has 11 nitrogen and oxygen atoms in total. The zero-order valence-electron chi connectivity index (χ0n) is 25.1. The number of nitrogens with zero attached hydrogens (tertiary/aromatic N) is 2. The first-order valence-corrected chi connectivity index (χ1v) is 15.5. The second-order valence-electron chi connectivity index (χ2n) is 10.7. The van der Waals surface area contributed by atoms with Gasteiger partial charge in [0, 0.05) is 49.4 Å². The van der Waals surface area contributed by atoms with E-state index in [1.165, 1.54) is 39.1 Å². The van der Waals surface area contributed by atoms with Gasteiger partial charge in [-0.3, -0.25) is 14.4 Å². The number of likely N-dealkylation sites (N-methyl/N-ethyl adjacent to an activating group) is 1. The Morgan fingerprint density at radius 3 is 1.98 bits per heavy atom. The zero-order chi connectivity index (χ0) is 32.5.